The Hall–Kier alpha value is -1.90. The third-order valence-corrected chi connectivity index (χ3v) is 5.68. The molecule has 1 aliphatic rings. The fourth-order valence-corrected chi connectivity index (χ4v) is 4.05. The van der Waals surface area contributed by atoms with Crippen LogP contribution in [0.1, 0.15) is 24.0 Å². The zero-order chi connectivity index (χ0) is 17.8. The van der Waals surface area contributed by atoms with E-state index in [0.29, 0.717) is 0 Å². The number of piperidine rings is 1. The van der Waals surface area contributed by atoms with Crippen LogP contribution in [0, 0.1) is 11.7 Å². The maximum absolute atomic E-state index is 13.0. The molecule has 1 fully saturated rings. The van der Waals surface area contributed by atoms with E-state index in [-0.39, 0.29) is 18.2 Å². The molecular weight excluding hydrogens is 357 g/mol. The first-order valence-electron chi connectivity index (χ1n) is 9.71. The van der Waals surface area contributed by atoms with Crippen molar-refractivity contribution in [2.24, 2.45) is 5.92 Å². The van der Waals surface area contributed by atoms with Crippen LogP contribution in [-0.4, -0.2) is 24.5 Å². The smallest absolute Gasteiger partial charge is 0.123 e. The molecule has 0 radical (unpaired) electrons. The Balaban J connectivity index is 0.00000210. The summed E-state index contributed by atoms with van der Waals surface area (Å²) >= 11 is 0. The number of hydrogen-bond acceptors (Lipinski definition) is 1. The van der Waals surface area contributed by atoms with Gasteiger partial charge in [0.2, 0.25) is 0 Å². The summed E-state index contributed by atoms with van der Waals surface area (Å²) in [6.45, 7) is 3.50. The lowest BCUT2D eigenvalue weighted by Gasteiger charge is -2.32. The van der Waals surface area contributed by atoms with E-state index >= 15 is 0 Å². The van der Waals surface area contributed by atoms with E-state index in [2.05, 4.69) is 47.4 Å². The molecule has 1 nitrogen and oxygen atoms in total. The van der Waals surface area contributed by atoms with Crippen LogP contribution in [0.3, 0.4) is 0 Å². The van der Waals surface area contributed by atoms with Gasteiger partial charge in [-0.25, -0.2) is 4.39 Å². The van der Waals surface area contributed by atoms with E-state index in [4.69, 9.17) is 0 Å². The molecule has 0 saturated carbocycles. The van der Waals surface area contributed by atoms with Gasteiger partial charge in [0.15, 0.2) is 0 Å². The van der Waals surface area contributed by atoms with Gasteiger partial charge in [-0.05, 0) is 78.7 Å². The van der Waals surface area contributed by atoms with Crippen molar-refractivity contribution in [3.05, 3.63) is 83.7 Å². The van der Waals surface area contributed by atoms with Crippen LogP contribution in [0.5, 0.6) is 0 Å². The molecule has 1 aliphatic heterocycles. The quantitative estimate of drug-likeness (QED) is 0.530. The summed E-state index contributed by atoms with van der Waals surface area (Å²) in [4.78, 5) is 2.59. The van der Waals surface area contributed by atoms with Gasteiger partial charge in [0, 0.05) is 6.54 Å². The highest BCUT2D eigenvalue weighted by atomic mass is 35.5. The second-order valence-corrected chi connectivity index (χ2v) is 7.55. The van der Waals surface area contributed by atoms with E-state index in [0.717, 1.165) is 25.3 Å². The van der Waals surface area contributed by atoms with E-state index in [1.165, 1.54) is 47.8 Å². The molecule has 0 bridgehead atoms. The normalized spacial score (nSPS) is 15.6. The number of likely N-dealkylation sites (tertiary alicyclic amines) is 1. The molecule has 0 aromatic heterocycles. The van der Waals surface area contributed by atoms with E-state index in [1.807, 2.05) is 12.1 Å². The largest absolute Gasteiger partial charge is 0.303 e. The lowest BCUT2D eigenvalue weighted by molar-refractivity contribution is 0.186. The van der Waals surface area contributed by atoms with Gasteiger partial charge in [-0.1, -0.05) is 54.6 Å². The Morgan fingerprint density at radius 1 is 0.815 bits per heavy atom. The molecule has 27 heavy (non-hydrogen) atoms. The first-order valence-corrected chi connectivity index (χ1v) is 9.71. The molecule has 0 unspecified atom stereocenters. The fraction of sp³-hybridized carbons (Fsp3) is 0.333. The van der Waals surface area contributed by atoms with Crippen LogP contribution in [0.2, 0.25) is 0 Å². The lowest BCUT2D eigenvalue weighted by atomic mass is 9.90. The Bertz CT molecular complexity index is 854. The van der Waals surface area contributed by atoms with Crippen molar-refractivity contribution in [2.75, 3.05) is 19.6 Å². The molecule has 0 N–H and O–H groups in total. The minimum Gasteiger partial charge on any atom is -0.303 e. The van der Waals surface area contributed by atoms with Gasteiger partial charge in [0.1, 0.15) is 5.82 Å². The van der Waals surface area contributed by atoms with Gasteiger partial charge in [-0.2, -0.15) is 0 Å². The van der Waals surface area contributed by atoms with Crippen LogP contribution in [0.15, 0.2) is 66.7 Å². The zero-order valence-corrected chi connectivity index (χ0v) is 16.4. The minimum absolute atomic E-state index is 0. The average Bonchev–Trinajstić information content (AvgIpc) is 2.69. The number of fused-ring (bicyclic) bond motifs is 1. The summed E-state index contributed by atoms with van der Waals surface area (Å²) in [5, 5.41) is 2.65. The molecule has 3 aromatic rings. The zero-order valence-electron chi connectivity index (χ0n) is 15.6. The van der Waals surface area contributed by atoms with Gasteiger partial charge < -0.3 is 4.90 Å². The molecule has 1 heterocycles. The van der Waals surface area contributed by atoms with Crippen molar-refractivity contribution in [3.8, 4) is 0 Å². The van der Waals surface area contributed by atoms with Gasteiger partial charge in [0.05, 0.1) is 0 Å². The minimum atomic E-state index is -0.141. The number of halogens is 2. The second-order valence-electron chi connectivity index (χ2n) is 7.55. The Morgan fingerprint density at radius 2 is 1.48 bits per heavy atom. The van der Waals surface area contributed by atoms with Crippen molar-refractivity contribution in [3.63, 3.8) is 0 Å². The topological polar surface area (TPSA) is 3.24 Å². The molecule has 0 spiro atoms. The predicted octanol–water partition coefficient (Wildman–Crippen LogP) is 5.90. The van der Waals surface area contributed by atoms with Gasteiger partial charge in [0.25, 0.3) is 0 Å². The SMILES string of the molecule is Cl.Fc1ccc(CC2CCN(CCc3ccc4ccccc4c3)CC2)cc1. The van der Waals surface area contributed by atoms with Crippen LogP contribution in [-0.2, 0) is 12.8 Å². The van der Waals surface area contributed by atoms with Crippen LogP contribution in [0.25, 0.3) is 10.8 Å². The summed E-state index contributed by atoms with van der Waals surface area (Å²) in [7, 11) is 0. The molecule has 142 valence electrons. The Kier molecular flexibility index (Phi) is 6.87. The summed E-state index contributed by atoms with van der Waals surface area (Å²) < 4.78 is 13.0. The molecule has 0 atom stereocenters. The van der Waals surface area contributed by atoms with Gasteiger partial charge in [-0.3, -0.25) is 0 Å². The molecule has 4 rings (SSSR count). The van der Waals surface area contributed by atoms with Crippen molar-refractivity contribution in [1.82, 2.24) is 4.90 Å². The van der Waals surface area contributed by atoms with E-state index < -0.39 is 0 Å². The fourth-order valence-electron chi connectivity index (χ4n) is 4.05. The maximum Gasteiger partial charge on any atom is 0.123 e. The third-order valence-electron chi connectivity index (χ3n) is 5.68. The predicted molar refractivity (Wildman–Crippen MR) is 114 cm³/mol. The Labute approximate surface area is 167 Å². The first kappa shape index (κ1) is 19.9. The first-order chi connectivity index (χ1) is 12.8. The lowest BCUT2D eigenvalue weighted by Crippen LogP contribution is -2.35. The summed E-state index contributed by atoms with van der Waals surface area (Å²) in [6, 6.07) is 22.4. The molecule has 0 amide bonds. The van der Waals surface area contributed by atoms with Crippen LogP contribution >= 0.6 is 12.4 Å². The van der Waals surface area contributed by atoms with Crippen LogP contribution < -0.4 is 0 Å². The molecule has 3 heteroatoms. The van der Waals surface area contributed by atoms with E-state index in [1.54, 1.807) is 12.1 Å². The van der Waals surface area contributed by atoms with Crippen molar-refractivity contribution >= 4 is 23.2 Å². The standard InChI is InChI=1S/C24H26FN.ClH/c25-24-9-6-19(7-10-24)17-21-12-15-26(16-13-21)14-11-20-5-8-22-3-1-2-4-23(22)18-20;/h1-10,18,21H,11-17H2;1H. The number of hydrogen-bond donors (Lipinski definition) is 0. The second kappa shape index (κ2) is 9.34. The van der Waals surface area contributed by atoms with E-state index in [9.17, 15) is 4.39 Å². The molecular formula is C24H27ClFN. The van der Waals surface area contributed by atoms with Crippen molar-refractivity contribution in [1.29, 1.82) is 0 Å². The van der Waals surface area contributed by atoms with Gasteiger partial charge in [-0.15, -0.1) is 12.4 Å². The molecule has 0 aliphatic carbocycles. The van der Waals surface area contributed by atoms with Crippen molar-refractivity contribution in [2.45, 2.75) is 25.7 Å². The molecule has 1 saturated heterocycles. The number of nitrogens with zero attached hydrogens (tertiary/aromatic N) is 1. The van der Waals surface area contributed by atoms with Gasteiger partial charge >= 0.3 is 0 Å². The highest BCUT2D eigenvalue weighted by molar-refractivity contribution is 5.85. The van der Waals surface area contributed by atoms with Crippen LogP contribution in [0.4, 0.5) is 4.39 Å². The monoisotopic (exact) mass is 383 g/mol. The highest BCUT2D eigenvalue weighted by Gasteiger charge is 2.19. The number of benzene rings is 3. The summed E-state index contributed by atoms with van der Waals surface area (Å²) in [5.41, 5.74) is 2.69. The third kappa shape index (κ3) is 5.31. The number of rotatable bonds is 5. The average molecular weight is 384 g/mol. The van der Waals surface area contributed by atoms with Crippen molar-refractivity contribution < 1.29 is 4.39 Å². The summed E-state index contributed by atoms with van der Waals surface area (Å²) in [6.07, 6.45) is 4.69. The summed E-state index contributed by atoms with van der Waals surface area (Å²) in [5.74, 6) is 0.592. The molecule has 3 aromatic carbocycles. The highest BCUT2D eigenvalue weighted by Crippen LogP contribution is 2.22. The Morgan fingerprint density at radius 3 is 2.22 bits per heavy atom. The maximum atomic E-state index is 13.0.